The van der Waals surface area contributed by atoms with E-state index in [2.05, 4.69) is 26.7 Å². The first-order valence-electron chi connectivity index (χ1n) is 12.7. The lowest BCUT2D eigenvalue weighted by Crippen LogP contribution is -2.48. The molecule has 38 heavy (non-hydrogen) atoms. The summed E-state index contributed by atoms with van der Waals surface area (Å²) in [7, 11) is 0. The third-order valence-electron chi connectivity index (χ3n) is 7.53. The number of carbonyl (C=O) groups is 1. The molecule has 0 spiro atoms. The Morgan fingerprint density at radius 1 is 1.05 bits per heavy atom. The number of hydrogen-bond donors (Lipinski definition) is 0. The number of benzene rings is 1. The second kappa shape index (κ2) is 9.97. The molecule has 3 fully saturated rings. The molecule has 0 N–H and O–H groups in total. The standard InChI is InChI=1S/C25H29F6N5O2/c1-2-36-15-19(21(32-36)16-5-3-6-20(9-16)34-7-4-8-34)12-33-10-17-13-35(14-18(17)11-33)23(37)38-22(24(26,27)28)25(29,30)31/h3,5-6,9,15,17-18,22H,2,4,7-8,10-14H2,1H3. The number of rotatable bonds is 6. The molecule has 2 unspecified atom stereocenters. The van der Waals surface area contributed by atoms with Gasteiger partial charge in [-0.1, -0.05) is 12.1 Å². The van der Waals surface area contributed by atoms with Gasteiger partial charge in [-0.05, 0) is 37.3 Å². The van der Waals surface area contributed by atoms with Gasteiger partial charge in [-0.25, -0.2) is 4.79 Å². The summed E-state index contributed by atoms with van der Waals surface area (Å²) in [6.07, 6.45) is -14.0. The quantitative estimate of drug-likeness (QED) is 0.490. The highest BCUT2D eigenvalue weighted by molar-refractivity contribution is 5.69. The summed E-state index contributed by atoms with van der Waals surface area (Å²) >= 11 is 0. The maximum atomic E-state index is 12.8. The number of anilines is 1. The van der Waals surface area contributed by atoms with Crippen LogP contribution < -0.4 is 4.90 Å². The zero-order chi connectivity index (χ0) is 27.2. The number of amides is 1. The highest BCUT2D eigenvalue weighted by atomic mass is 19.4. The van der Waals surface area contributed by atoms with Gasteiger partial charge < -0.3 is 14.5 Å². The number of hydrogen-bond acceptors (Lipinski definition) is 5. The molecule has 7 nitrogen and oxygen atoms in total. The number of likely N-dealkylation sites (tertiary alicyclic amines) is 2. The number of alkyl halides is 6. The Hall–Kier alpha value is -2.96. The Morgan fingerprint density at radius 3 is 2.26 bits per heavy atom. The highest BCUT2D eigenvalue weighted by Gasteiger charge is 2.60. The summed E-state index contributed by atoms with van der Waals surface area (Å²) in [6, 6.07) is 8.28. The number of aromatic nitrogens is 2. The molecule has 2 atom stereocenters. The van der Waals surface area contributed by atoms with Crippen LogP contribution in [-0.4, -0.2) is 83.4 Å². The monoisotopic (exact) mass is 545 g/mol. The summed E-state index contributed by atoms with van der Waals surface area (Å²) in [4.78, 5) is 17.6. The van der Waals surface area contributed by atoms with Gasteiger partial charge in [0, 0.05) is 75.4 Å². The number of fused-ring (bicyclic) bond motifs is 1. The van der Waals surface area contributed by atoms with Crippen LogP contribution in [0.5, 0.6) is 0 Å². The molecule has 3 saturated heterocycles. The number of carbonyl (C=O) groups excluding carboxylic acids is 1. The van der Waals surface area contributed by atoms with E-state index in [0.717, 1.165) is 40.5 Å². The van der Waals surface area contributed by atoms with Crippen LogP contribution in [0.4, 0.5) is 36.8 Å². The van der Waals surface area contributed by atoms with Crippen molar-refractivity contribution < 1.29 is 35.9 Å². The number of ether oxygens (including phenoxy) is 1. The van der Waals surface area contributed by atoms with Crippen LogP contribution in [0.25, 0.3) is 11.3 Å². The second-order valence-electron chi connectivity index (χ2n) is 10.2. The van der Waals surface area contributed by atoms with E-state index < -0.39 is 24.5 Å². The number of nitrogens with zero attached hydrogens (tertiary/aromatic N) is 5. The van der Waals surface area contributed by atoms with E-state index in [1.807, 2.05) is 29.9 Å². The van der Waals surface area contributed by atoms with Crippen molar-refractivity contribution in [1.82, 2.24) is 19.6 Å². The third kappa shape index (κ3) is 5.43. The summed E-state index contributed by atoms with van der Waals surface area (Å²) < 4.78 is 82.5. The SMILES string of the molecule is CCn1cc(CN2CC3CN(C(=O)OC(C(F)(F)F)C(F)(F)F)CC3C2)c(-c2cccc(N3CCC3)c2)n1. The molecule has 1 amide bonds. The van der Waals surface area contributed by atoms with Gasteiger partial charge in [0.2, 0.25) is 0 Å². The second-order valence-corrected chi connectivity index (χ2v) is 10.2. The molecule has 0 bridgehead atoms. The molecule has 1 aromatic carbocycles. The topological polar surface area (TPSA) is 53.8 Å². The first kappa shape index (κ1) is 26.6. The molecular formula is C25H29F6N5O2. The molecule has 208 valence electrons. The van der Waals surface area contributed by atoms with Gasteiger partial charge in [-0.2, -0.15) is 31.4 Å². The largest absolute Gasteiger partial charge is 0.434 e. The zero-order valence-corrected chi connectivity index (χ0v) is 20.8. The fourth-order valence-corrected chi connectivity index (χ4v) is 5.51. The van der Waals surface area contributed by atoms with Crippen molar-refractivity contribution in [3.8, 4) is 11.3 Å². The van der Waals surface area contributed by atoms with Crippen LogP contribution in [0.3, 0.4) is 0 Å². The van der Waals surface area contributed by atoms with Crippen molar-refractivity contribution in [2.45, 2.75) is 44.9 Å². The van der Waals surface area contributed by atoms with Crippen LogP contribution in [0, 0.1) is 11.8 Å². The lowest BCUT2D eigenvalue weighted by molar-refractivity contribution is -0.308. The Labute approximate surface area is 215 Å². The smallest absolute Gasteiger partial charge is 0.426 e. The van der Waals surface area contributed by atoms with Crippen molar-refractivity contribution in [2.75, 3.05) is 44.2 Å². The zero-order valence-electron chi connectivity index (χ0n) is 20.8. The molecule has 3 aliphatic rings. The lowest BCUT2D eigenvalue weighted by Gasteiger charge is -2.33. The van der Waals surface area contributed by atoms with Gasteiger partial charge in [0.25, 0.3) is 6.10 Å². The van der Waals surface area contributed by atoms with E-state index >= 15 is 0 Å². The predicted molar refractivity (Wildman–Crippen MR) is 126 cm³/mol. The van der Waals surface area contributed by atoms with Gasteiger partial charge in [0.15, 0.2) is 0 Å². The Balaban J connectivity index is 1.23. The fraction of sp³-hybridized carbons (Fsp3) is 0.600. The van der Waals surface area contributed by atoms with Gasteiger partial charge in [0.05, 0.1) is 5.69 Å². The van der Waals surface area contributed by atoms with Gasteiger partial charge in [0.1, 0.15) is 0 Å². The van der Waals surface area contributed by atoms with Gasteiger partial charge >= 0.3 is 18.4 Å². The highest BCUT2D eigenvalue weighted by Crippen LogP contribution is 2.38. The Bertz CT molecular complexity index is 1130. The average Bonchev–Trinajstić information content (AvgIpc) is 3.48. The molecular weight excluding hydrogens is 516 g/mol. The first-order valence-corrected chi connectivity index (χ1v) is 12.7. The van der Waals surface area contributed by atoms with Crippen molar-refractivity contribution >= 4 is 11.8 Å². The summed E-state index contributed by atoms with van der Waals surface area (Å²) in [6.45, 7) is 6.64. The van der Waals surface area contributed by atoms with E-state index in [4.69, 9.17) is 5.10 Å². The van der Waals surface area contributed by atoms with Crippen molar-refractivity contribution in [3.63, 3.8) is 0 Å². The summed E-state index contributed by atoms with van der Waals surface area (Å²) in [5, 5.41) is 4.78. The van der Waals surface area contributed by atoms with Crippen LogP contribution in [0.15, 0.2) is 30.5 Å². The van der Waals surface area contributed by atoms with E-state index in [0.29, 0.717) is 26.2 Å². The predicted octanol–water partition coefficient (Wildman–Crippen LogP) is 4.77. The summed E-state index contributed by atoms with van der Waals surface area (Å²) in [5.41, 5.74) is 4.12. The maximum absolute atomic E-state index is 12.8. The van der Waals surface area contributed by atoms with E-state index in [-0.39, 0.29) is 24.9 Å². The molecule has 3 aliphatic heterocycles. The molecule has 1 aromatic heterocycles. The van der Waals surface area contributed by atoms with Crippen LogP contribution in [-0.2, 0) is 17.8 Å². The maximum Gasteiger partial charge on any atom is 0.434 e. The fourth-order valence-electron chi connectivity index (χ4n) is 5.51. The first-order chi connectivity index (χ1) is 17.9. The van der Waals surface area contributed by atoms with E-state index in [1.165, 1.54) is 6.42 Å². The number of aryl methyl sites for hydroxylation is 1. The molecule has 0 aliphatic carbocycles. The molecule has 5 rings (SSSR count). The normalized spacial score (nSPS) is 22.2. The van der Waals surface area contributed by atoms with Crippen molar-refractivity contribution in [3.05, 3.63) is 36.0 Å². The minimum absolute atomic E-state index is 0.0569. The Kier molecular flexibility index (Phi) is 6.99. The van der Waals surface area contributed by atoms with Crippen LogP contribution in [0.2, 0.25) is 0 Å². The molecule has 4 heterocycles. The van der Waals surface area contributed by atoms with Crippen LogP contribution >= 0.6 is 0 Å². The van der Waals surface area contributed by atoms with Crippen LogP contribution in [0.1, 0.15) is 18.9 Å². The Morgan fingerprint density at radius 2 is 1.71 bits per heavy atom. The van der Waals surface area contributed by atoms with Gasteiger partial charge in [-0.3, -0.25) is 9.58 Å². The van der Waals surface area contributed by atoms with E-state index in [9.17, 15) is 31.1 Å². The molecule has 2 aromatic rings. The van der Waals surface area contributed by atoms with Crippen molar-refractivity contribution in [2.24, 2.45) is 11.8 Å². The molecule has 13 heteroatoms. The average molecular weight is 546 g/mol. The van der Waals surface area contributed by atoms with E-state index in [1.54, 1.807) is 0 Å². The number of halogens is 6. The third-order valence-corrected chi connectivity index (χ3v) is 7.53. The molecule has 0 radical (unpaired) electrons. The minimum Gasteiger partial charge on any atom is -0.426 e. The van der Waals surface area contributed by atoms with Gasteiger partial charge in [-0.15, -0.1) is 0 Å². The molecule has 0 saturated carbocycles. The summed E-state index contributed by atoms with van der Waals surface area (Å²) in [5.74, 6) is -0.116. The van der Waals surface area contributed by atoms with Crippen molar-refractivity contribution in [1.29, 1.82) is 0 Å². The minimum atomic E-state index is -5.73. The lowest BCUT2D eigenvalue weighted by atomic mass is 10.0.